The van der Waals surface area contributed by atoms with E-state index in [4.69, 9.17) is 4.74 Å². The number of anilines is 1. The predicted octanol–water partition coefficient (Wildman–Crippen LogP) is 1.49. The fourth-order valence-corrected chi connectivity index (χ4v) is 3.47. The first-order valence-corrected chi connectivity index (χ1v) is 8.08. The molecule has 0 saturated carbocycles. The molecule has 0 amide bonds. The number of morpholine rings is 1. The van der Waals surface area contributed by atoms with Crippen LogP contribution in [-0.4, -0.2) is 57.9 Å². The molecule has 2 aliphatic heterocycles. The van der Waals surface area contributed by atoms with E-state index in [0.29, 0.717) is 6.10 Å². The Morgan fingerprint density at radius 1 is 1.33 bits per heavy atom. The minimum absolute atomic E-state index is 0.326. The number of hydrogen-bond acceptors (Lipinski definition) is 4. The second-order valence-electron chi connectivity index (χ2n) is 6.27. The summed E-state index contributed by atoms with van der Waals surface area (Å²) in [5.74, 6) is 0. The molecule has 0 spiro atoms. The average molecular weight is 289 g/mol. The third-order valence-corrected chi connectivity index (χ3v) is 4.56. The molecule has 1 N–H and O–H groups in total. The molecule has 2 heterocycles. The van der Waals surface area contributed by atoms with Gasteiger partial charge in [0, 0.05) is 45.5 Å². The monoisotopic (exact) mass is 289 g/mol. The largest absolute Gasteiger partial charge is 0.374 e. The first-order valence-electron chi connectivity index (χ1n) is 8.08. The van der Waals surface area contributed by atoms with Gasteiger partial charge in [-0.15, -0.1) is 0 Å². The van der Waals surface area contributed by atoms with Crippen molar-refractivity contribution in [2.75, 3.05) is 51.8 Å². The zero-order valence-corrected chi connectivity index (χ0v) is 13.3. The molecule has 1 unspecified atom stereocenters. The molecule has 1 atom stereocenters. The molecule has 116 valence electrons. The van der Waals surface area contributed by atoms with Crippen molar-refractivity contribution in [1.29, 1.82) is 0 Å². The number of rotatable bonds is 4. The van der Waals surface area contributed by atoms with Crippen LogP contribution in [0.4, 0.5) is 5.69 Å². The summed E-state index contributed by atoms with van der Waals surface area (Å²) in [6.07, 6.45) is 2.82. The van der Waals surface area contributed by atoms with E-state index < -0.39 is 0 Å². The number of fused-ring (bicyclic) bond motifs is 1. The van der Waals surface area contributed by atoms with Gasteiger partial charge in [0.1, 0.15) is 0 Å². The molecule has 1 saturated heterocycles. The maximum Gasteiger partial charge on any atom is 0.0826 e. The van der Waals surface area contributed by atoms with Crippen molar-refractivity contribution >= 4 is 5.69 Å². The molecular weight excluding hydrogens is 262 g/mol. The van der Waals surface area contributed by atoms with Crippen molar-refractivity contribution in [2.24, 2.45) is 0 Å². The van der Waals surface area contributed by atoms with Crippen LogP contribution in [0.15, 0.2) is 18.2 Å². The summed E-state index contributed by atoms with van der Waals surface area (Å²) in [5, 5.41) is 3.21. The Hall–Kier alpha value is -1.10. The van der Waals surface area contributed by atoms with E-state index in [-0.39, 0.29) is 0 Å². The number of likely N-dealkylation sites (N-methyl/N-ethyl adjacent to an activating group) is 1. The molecule has 3 rings (SSSR count). The molecule has 2 aliphatic rings. The Morgan fingerprint density at radius 2 is 2.24 bits per heavy atom. The van der Waals surface area contributed by atoms with Gasteiger partial charge in [0.25, 0.3) is 0 Å². The molecule has 0 aromatic heterocycles. The lowest BCUT2D eigenvalue weighted by atomic mass is 9.99. The third-order valence-electron chi connectivity index (χ3n) is 4.56. The van der Waals surface area contributed by atoms with Crippen LogP contribution < -0.4 is 10.2 Å². The van der Waals surface area contributed by atoms with Gasteiger partial charge in [-0.25, -0.2) is 0 Å². The second kappa shape index (κ2) is 6.77. The zero-order chi connectivity index (χ0) is 14.7. The Morgan fingerprint density at radius 3 is 3.10 bits per heavy atom. The van der Waals surface area contributed by atoms with Crippen LogP contribution in [-0.2, 0) is 17.7 Å². The minimum atomic E-state index is 0.326. The highest BCUT2D eigenvalue weighted by Crippen LogP contribution is 2.27. The lowest BCUT2D eigenvalue weighted by molar-refractivity contribution is -0.0291. The summed E-state index contributed by atoms with van der Waals surface area (Å²) in [6.45, 7) is 6.07. The van der Waals surface area contributed by atoms with Gasteiger partial charge < -0.3 is 15.0 Å². The van der Waals surface area contributed by atoms with Gasteiger partial charge in [-0.1, -0.05) is 12.1 Å². The molecule has 1 aromatic rings. The molecule has 1 fully saturated rings. The van der Waals surface area contributed by atoms with E-state index in [1.54, 1.807) is 0 Å². The predicted molar refractivity (Wildman–Crippen MR) is 87.0 cm³/mol. The van der Waals surface area contributed by atoms with Crippen molar-refractivity contribution in [1.82, 2.24) is 10.2 Å². The maximum absolute atomic E-state index is 5.78. The number of nitrogens with zero attached hydrogens (tertiary/aromatic N) is 2. The summed E-state index contributed by atoms with van der Waals surface area (Å²) in [5.41, 5.74) is 4.37. The highest BCUT2D eigenvalue weighted by Gasteiger charge is 2.20. The summed E-state index contributed by atoms with van der Waals surface area (Å²) in [7, 11) is 4.18. The standard InChI is InChI=1S/C17H27N3O/c1-18-11-16-13-20(8-9-21-16)12-14-5-6-17-15(10-14)4-3-7-19(17)2/h5-6,10,16,18H,3-4,7-9,11-13H2,1-2H3. The number of nitrogens with one attached hydrogen (secondary N) is 1. The fraction of sp³-hybridized carbons (Fsp3) is 0.647. The van der Waals surface area contributed by atoms with Crippen LogP contribution in [0.1, 0.15) is 17.5 Å². The molecule has 21 heavy (non-hydrogen) atoms. The van der Waals surface area contributed by atoms with E-state index in [9.17, 15) is 0 Å². The fourth-order valence-electron chi connectivity index (χ4n) is 3.47. The molecular formula is C17H27N3O. The first-order chi connectivity index (χ1) is 10.3. The van der Waals surface area contributed by atoms with Crippen LogP contribution in [0.3, 0.4) is 0 Å². The van der Waals surface area contributed by atoms with Gasteiger partial charge in [-0.05, 0) is 37.1 Å². The molecule has 4 nitrogen and oxygen atoms in total. The Labute approximate surface area is 128 Å². The average Bonchev–Trinajstić information content (AvgIpc) is 2.48. The van der Waals surface area contributed by atoms with Gasteiger partial charge in [-0.2, -0.15) is 0 Å². The first kappa shape index (κ1) is 14.8. The quantitative estimate of drug-likeness (QED) is 0.909. The summed E-state index contributed by atoms with van der Waals surface area (Å²) < 4.78 is 5.78. The summed E-state index contributed by atoms with van der Waals surface area (Å²) >= 11 is 0. The third kappa shape index (κ3) is 3.57. The maximum atomic E-state index is 5.78. The Balaban J connectivity index is 1.65. The van der Waals surface area contributed by atoms with Crippen LogP contribution in [0.2, 0.25) is 0 Å². The highest BCUT2D eigenvalue weighted by atomic mass is 16.5. The second-order valence-corrected chi connectivity index (χ2v) is 6.27. The topological polar surface area (TPSA) is 27.7 Å². The Bertz CT molecular complexity index is 475. The highest BCUT2D eigenvalue weighted by molar-refractivity contribution is 5.56. The normalized spacial score (nSPS) is 23.1. The van der Waals surface area contributed by atoms with E-state index >= 15 is 0 Å². The van der Waals surface area contributed by atoms with E-state index in [2.05, 4.69) is 40.4 Å². The zero-order valence-electron chi connectivity index (χ0n) is 13.3. The van der Waals surface area contributed by atoms with Crippen molar-refractivity contribution in [2.45, 2.75) is 25.5 Å². The van der Waals surface area contributed by atoms with Gasteiger partial charge in [0.15, 0.2) is 0 Å². The van der Waals surface area contributed by atoms with Gasteiger partial charge in [0.05, 0.1) is 12.7 Å². The summed E-state index contributed by atoms with van der Waals surface area (Å²) in [6, 6.07) is 7.01. The van der Waals surface area contributed by atoms with Crippen molar-refractivity contribution in [3.05, 3.63) is 29.3 Å². The Kier molecular flexibility index (Phi) is 4.78. The minimum Gasteiger partial charge on any atom is -0.374 e. The summed E-state index contributed by atoms with van der Waals surface area (Å²) in [4.78, 5) is 4.89. The lowest BCUT2D eigenvalue weighted by Crippen LogP contribution is -2.45. The van der Waals surface area contributed by atoms with Gasteiger partial charge in [0.2, 0.25) is 0 Å². The van der Waals surface area contributed by atoms with E-state index in [1.165, 1.54) is 36.2 Å². The molecule has 1 aromatic carbocycles. The number of hydrogen-bond donors (Lipinski definition) is 1. The van der Waals surface area contributed by atoms with Crippen LogP contribution in [0, 0.1) is 0 Å². The number of aryl methyl sites for hydroxylation is 1. The lowest BCUT2D eigenvalue weighted by Gasteiger charge is -2.33. The van der Waals surface area contributed by atoms with Crippen LogP contribution in [0.5, 0.6) is 0 Å². The van der Waals surface area contributed by atoms with E-state index in [1.807, 2.05) is 7.05 Å². The molecule has 0 bridgehead atoms. The van der Waals surface area contributed by atoms with Crippen LogP contribution in [0.25, 0.3) is 0 Å². The van der Waals surface area contributed by atoms with Gasteiger partial charge in [-0.3, -0.25) is 4.90 Å². The van der Waals surface area contributed by atoms with Crippen LogP contribution >= 0.6 is 0 Å². The molecule has 4 heteroatoms. The SMILES string of the molecule is CNCC1CN(Cc2ccc3c(c2)CCCN3C)CCO1. The molecule has 0 aliphatic carbocycles. The molecule has 0 radical (unpaired) electrons. The van der Waals surface area contributed by atoms with Gasteiger partial charge >= 0.3 is 0 Å². The van der Waals surface area contributed by atoms with E-state index in [0.717, 1.165) is 32.8 Å². The van der Waals surface area contributed by atoms with Crippen molar-refractivity contribution in [3.8, 4) is 0 Å². The van der Waals surface area contributed by atoms with Crippen molar-refractivity contribution < 1.29 is 4.74 Å². The number of benzene rings is 1. The smallest absolute Gasteiger partial charge is 0.0826 e. The van der Waals surface area contributed by atoms with Crippen molar-refractivity contribution in [3.63, 3.8) is 0 Å². The number of ether oxygens (including phenoxy) is 1.